The van der Waals surface area contributed by atoms with E-state index in [2.05, 4.69) is 10.1 Å². The number of rotatable bonds is 9. The first-order chi connectivity index (χ1) is 16.0. The van der Waals surface area contributed by atoms with Crippen molar-refractivity contribution in [3.05, 3.63) is 89.7 Å². The molecule has 0 spiro atoms. The predicted octanol–water partition coefficient (Wildman–Crippen LogP) is 5.55. The first-order valence-corrected chi connectivity index (χ1v) is 10.1. The van der Waals surface area contributed by atoms with E-state index in [1.807, 2.05) is 48.5 Å². The molecule has 8 heteroatoms. The van der Waals surface area contributed by atoms with E-state index in [-0.39, 0.29) is 30.4 Å². The first kappa shape index (κ1) is 22.1. The van der Waals surface area contributed by atoms with Gasteiger partial charge in [-0.25, -0.2) is 0 Å². The van der Waals surface area contributed by atoms with E-state index in [1.54, 1.807) is 12.1 Å². The Labute approximate surface area is 188 Å². The average molecular weight is 453 g/mol. The van der Waals surface area contributed by atoms with Crippen molar-refractivity contribution in [2.24, 2.45) is 0 Å². The number of hydrogen-bond acceptors (Lipinski definition) is 5. The molecule has 33 heavy (non-hydrogen) atoms. The molecule has 0 atom stereocenters. The number of ether oxygens (including phenoxy) is 3. The molecule has 170 valence electrons. The number of hydrogen-bond donors (Lipinski definition) is 1. The number of halogens is 2. The van der Waals surface area contributed by atoms with Crippen molar-refractivity contribution in [2.75, 3.05) is 7.11 Å². The van der Waals surface area contributed by atoms with E-state index in [0.29, 0.717) is 22.5 Å². The lowest BCUT2D eigenvalue weighted by atomic mass is 10.1. The van der Waals surface area contributed by atoms with Crippen molar-refractivity contribution < 1.29 is 32.2 Å². The molecule has 6 nitrogen and oxygen atoms in total. The third kappa shape index (κ3) is 5.23. The van der Waals surface area contributed by atoms with Gasteiger partial charge < -0.3 is 23.9 Å². The summed E-state index contributed by atoms with van der Waals surface area (Å²) in [4.78, 5) is 13.0. The summed E-state index contributed by atoms with van der Waals surface area (Å²) in [5, 5.41) is 3.58. The van der Waals surface area contributed by atoms with Crippen LogP contribution in [0.1, 0.15) is 21.7 Å². The minimum absolute atomic E-state index is 0.0831. The number of methoxy groups -OCH3 is 1. The molecule has 4 aromatic rings. The molecule has 0 aliphatic heterocycles. The number of carbonyl (C=O) groups excluding carboxylic acids is 1. The number of benzene rings is 3. The van der Waals surface area contributed by atoms with Crippen molar-refractivity contribution in [3.8, 4) is 17.2 Å². The summed E-state index contributed by atoms with van der Waals surface area (Å²) >= 11 is 0. The molecule has 0 saturated carbocycles. The van der Waals surface area contributed by atoms with E-state index in [0.717, 1.165) is 5.39 Å². The maximum absolute atomic E-state index is 13.0. The Morgan fingerprint density at radius 2 is 1.76 bits per heavy atom. The summed E-state index contributed by atoms with van der Waals surface area (Å²) in [5.41, 5.74) is 1.84. The maximum atomic E-state index is 13.0. The van der Waals surface area contributed by atoms with Gasteiger partial charge in [0.05, 0.1) is 7.11 Å². The van der Waals surface area contributed by atoms with Crippen molar-refractivity contribution >= 4 is 16.9 Å². The molecule has 0 fully saturated rings. The number of furan rings is 1. The second-order valence-corrected chi connectivity index (χ2v) is 7.05. The Balaban J connectivity index is 1.52. The monoisotopic (exact) mass is 453 g/mol. The molecule has 1 amide bonds. The fraction of sp³-hybridized carbons (Fsp3) is 0.160. The van der Waals surface area contributed by atoms with Gasteiger partial charge in [-0.3, -0.25) is 4.79 Å². The number of carbonyl (C=O) groups is 1. The number of alkyl halides is 2. The van der Waals surface area contributed by atoms with Gasteiger partial charge in [-0.05, 0) is 35.9 Å². The minimum Gasteiger partial charge on any atom is -0.493 e. The van der Waals surface area contributed by atoms with Crippen LogP contribution in [-0.4, -0.2) is 19.6 Å². The summed E-state index contributed by atoms with van der Waals surface area (Å²) in [5.74, 6) is 0.455. The molecule has 4 rings (SSSR count). The lowest BCUT2D eigenvalue weighted by Crippen LogP contribution is -2.23. The van der Waals surface area contributed by atoms with Gasteiger partial charge in [-0.1, -0.05) is 42.5 Å². The summed E-state index contributed by atoms with van der Waals surface area (Å²) in [6.45, 7) is -2.69. The number of nitrogens with one attached hydrogen (secondary N) is 1. The van der Waals surface area contributed by atoms with Crippen LogP contribution < -0.4 is 19.5 Å². The van der Waals surface area contributed by atoms with E-state index < -0.39 is 12.5 Å². The Bertz CT molecular complexity index is 1240. The third-order valence-electron chi connectivity index (χ3n) is 4.93. The highest BCUT2D eigenvalue weighted by Gasteiger charge is 2.21. The zero-order valence-electron chi connectivity index (χ0n) is 17.7. The van der Waals surface area contributed by atoms with Crippen LogP contribution in [0.25, 0.3) is 11.0 Å². The Morgan fingerprint density at radius 3 is 2.52 bits per heavy atom. The van der Waals surface area contributed by atoms with E-state index in [4.69, 9.17) is 13.9 Å². The van der Waals surface area contributed by atoms with Crippen molar-refractivity contribution in [2.45, 2.75) is 19.8 Å². The largest absolute Gasteiger partial charge is 0.493 e. The molecule has 3 aromatic carbocycles. The van der Waals surface area contributed by atoms with Gasteiger partial charge in [0.1, 0.15) is 17.9 Å². The topological polar surface area (TPSA) is 69.9 Å². The molecule has 0 unspecified atom stereocenters. The molecular formula is C25H21F2NO5. The van der Waals surface area contributed by atoms with Crippen LogP contribution in [0, 0.1) is 0 Å². The Morgan fingerprint density at radius 1 is 1.00 bits per heavy atom. The molecule has 0 aliphatic rings. The molecule has 0 radical (unpaired) electrons. The minimum atomic E-state index is -2.96. The molecular weight excluding hydrogens is 432 g/mol. The quantitative estimate of drug-likeness (QED) is 0.360. The molecule has 0 aliphatic carbocycles. The summed E-state index contributed by atoms with van der Waals surface area (Å²) in [7, 11) is 1.35. The second kappa shape index (κ2) is 10.0. The Hall–Kier alpha value is -4.07. The van der Waals surface area contributed by atoms with Crippen molar-refractivity contribution in [1.82, 2.24) is 5.32 Å². The van der Waals surface area contributed by atoms with Crippen LogP contribution in [-0.2, 0) is 13.2 Å². The van der Waals surface area contributed by atoms with Crippen LogP contribution in [0.3, 0.4) is 0 Å². The van der Waals surface area contributed by atoms with Crippen molar-refractivity contribution in [3.63, 3.8) is 0 Å². The number of fused-ring (bicyclic) bond motifs is 1. The summed E-state index contributed by atoms with van der Waals surface area (Å²) in [6.07, 6.45) is 0. The standard InChI is InChI=1S/C25H21F2NO5/c1-30-22-13-16(11-12-21(22)33-25(26)27)14-28-24(29)23-19(15-31-17-7-3-2-4-8-17)18-9-5-6-10-20(18)32-23/h2-13,25H,14-15H2,1H3,(H,28,29). The average Bonchev–Trinajstić information content (AvgIpc) is 3.21. The number of para-hydroxylation sites is 2. The molecule has 1 aromatic heterocycles. The zero-order valence-corrected chi connectivity index (χ0v) is 17.7. The number of amides is 1. The zero-order chi connectivity index (χ0) is 23.2. The molecule has 1 heterocycles. The van der Waals surface area contributed by atoms with Gasteiger partial charge in [0.25, 0.3) is 5.91 Å². The fourth-order valence-electron chi connectivity index (χ4n) is 3.38. The van der Waals surface area contributed by atoms with Crippen LogP contribution >= 0.6 is 0 Å². The van der Waals surface area contributed by atoms with Crippen molar-refractivity contribution in [1.29, 1.82) is 0 Å². The van der Waals surface area contributed by atoms with Crippen LogP contribution in [0.2, 0.25) is 0 Å². The highest BCUT2D eigenvalue weighted by molar-refractivity contribution is 5.99. The van der Waals surface area contributed by atoms with Gasteiger partial charge in [0.15, 0.2) is 17.3 Å². The summed E-state index contributed by atoms with van der Waals surface area (Å²) in [6, 6.07) is 21.1. The van der Waals surface area contributed by atoms with Gasteiger partial charge >= 0.3 is 6.61 Å². The van der Waals surface area contributed by atoms with E-state index in [1.165, 1.54) is 19.2 Å². The lowest BCUT2D eigenvalue weighted by Gasteiger charge is -2.12. The van der Waals surface area contributed by atoms with Crippen LogP contribution in [0.15, 0.2) is 77.2 Å². The molecule has 1 N–H and O–H groups in total. The first-order valence-electron chi connectivity index (χ1n) is 10.1. The van der Waals surface area contributed by atoms with Crippen LogP contribution in [0.5, 0.6) is 17.2 Å². The highest BCUT2D eigenvalue weighted by atomic mass is 19.3. The summed E-state index contributed by atoms with van der Waals surface area (Å²) < 4.78 is 46.3. The predicted molar refractivity (Wildman–Crippen MR) is 118 cm³/mol. The molecule has 0 bridgehead atoms. The SMILES string of the molecule is COc1cc(CNC(=O)c2oc3ccccc3c2COc2ccccc2)ccc1OC(F)F. The van der Waals surface area contributed by atoms with Gasteiger partial charge in [-0.15, -0.1) is 0 Å². The smallest absolute Gasteiger partial charge is 0.387 e. The third-order valence-corrected chi connectivity index (χ3v) is 4.93. The fourth-order valence-corrected chi connectivity index (χ4v) is 3.38. The Kier molecular flexibility index (Phi) is 6.73. The van der Waals surface area contributed by atoms with E-state index in [9.17, 15) is 13.6 Å². The van der Waals surface area contributed by atoms with E-state index >= 15 is 0 Å². The van der Waals surface area contributed by atoms with Gasteiger partial charge in [-0.2, -0.15) is 8.78 Å². The highest BCUT2D eigenvalue weighted by Crippen LogP contribution is 2.30. The molecule has 0 saturated heterocycles. The van der Waals surface area contributed by atoms with Gasteiger partial charge in [0, 0.05) is 17.5 Å². The maximum Gasteiger partial charge on any atom is 0.387 e. The lowest BCUT2D eigenvalue weighted by molar-refractivity contribution is -0.0512. The normalized spacial score (nSPS) is 10.9. The second-order valence-electron chi connectivity index (χ2n) is 7.05. The van der Waals surface area contributed by atoms with Crippen LogP contribution in [0.4, 0.5) is 8.78 Å². The van der Waals surface area contributed by atoms with Gasteiger partial charge in [0.2, 0.25) is 0 Å².